The Morgan fingerprint density at radius 1 is 1.50 bits per heavy atom. The Kier molecular flexibility index (Phi) is 5.12. The summed E-state index contributed by atoms with van der Waals surface area (Å²) in [6.45, 7) is 3.23. The lowest BCUT2D eigenvalue weighted by atomic mass is 9.98. The van der Waals surface area contributed by atoms with Gasteiger partial charge in [-0.2, -0.15) is 0 Å². The minimum Gasteiger partial charge on any atom is -0.466 e. The van der Waals surface area contributed by atoms with Crippen LogP contribution >= 0.6 is 0 Å². The molecular formula is C14H14O4. The van der Waals surface area contributed by atoms with Crippen LogP contribution in [0.1, 0.15) is 17.2 Å². The number of aliphatic hydroxyl groups excluding tert-OH is 2. The van der Waals surface area contributed by atoms with Gasteiger partial charge >= 0.3 is 5.97 Å². The number of hydrogen-bond donors (Lipinski definition) is 2. The molecule has 0 aliphatic heterocycles. The average Bonchev–Trinajstić information content (AvgIpc) is 2.42. The summed E-state index contributed by atoms with van der Waals surface area (Å²) < 4.78 is 4.50. The van der Waals surface area contributed by atoms with Gasteiger partial charge < -0.3 is 14.9 Å². The third-order valence-corrected chi connectivity index (χ3v) is 2.34. The molecule has 1 aromatic rings. The number of aliphatic hydroxyl groups is 2. The molecule has 1 atom stereocenters. The molecule has 0 aliphatic rings. The molecule has 0 amide bonds. The molecule has 0 aromatic heterocycles. The predicted octanol–water partition coefficient (Wildman–Crippen LogP) is 0.793. The van der Waals surface area contributed by atoms with Gasteiger partial charge in [-0.15, -0.1) is 0 Å². The molecule has 1 aromatic carbocycles. The second-order valence-corrected chi connectivity index (χ2v) is 3.47. The number of carbonyl (C=O) groups excluding carboxylic acids is 1. The second kappa shape index (κ2) is 6.60. The first-order valence-corrected chi connectivity index (χ1v) is 5.25. The molecule has 0 radical (unpaired) electrons. The first-order chi connectivity index (χ1) is 8.61. The molecule has 1 unspecified atom stereocenters. The molecule has 18 heavy (non-hydrogen) atoms. The van der Waals surface area contributed by atoms with E-state index in [4.69, 9.17) is 5.11 Å². The Labute approximate surface area is 106 Å². The van der Waals surface area contributed by atoms with Crippen LogP contribution in [0.15, 0.2) is 36.4 Å². The molecule has 0 aliphatic carbocycles. The molecular weight excluding hydrogens is 232 g/mol. The number of rotatable bonds is 3. The topological polar surface area (TPSA) is 66.8 Å². The standard InChI is InChI=1S/C14H14O4/c1-10(14(17)18-2)13(16)12-8-4-3-6-11(12)7-5-9-15/h3-4,6,8,13,15-16H,1,9H2,2H3. The van der Waals surface area contributed by atoms with E-state index in [-0.39, 0.29) is 12.2 Å². The molecule has 0 saturated heterocycles. The highest BCUT2D eigenvalue weighted by molar-refractivity contribution is 5.89. The lowest BCUT2D eigenvalue weighted by Crippen LogP contribution is -2.13. The molecule has 1 rings (SSSR count). The van der Waals surface area contributed by atoms with E-state index in [2.05, 4.69) is 23.2 Å². The van der Waals surface area contributed by atoms with E-state index < -0.39 is 12.1 Å². The molecule has 94 valence electrons. The molecule has 4 nitrogen and oxygen atoms in total. The summed E-state index contributed by atoms with van der Waals surface area (Å²) in [6.07, 6.45) is -1.18. The smallest absolute Gasteiger partial charge is 0.336 e. The van der Waals surface area contributed by atoms with Crippen LogP contribution in [-0.4, -0.2) is 29.9 Å². The third-order valence-electron chi connectivity index (χ3n) is 2.34. The summed E-state index contributed by atoms with van der Waals surface area (Å²) in [5.41, 5.74) is 0.925. The van der Waals surface area contributed by atoms with Gasteiger partial charge in [0.25, 0.3) is 0 Å². The Balaban J connectivity index is 3.09. The Morgan fingerprint density at radius 2 is 2.17 bits per heavy atom. The van der Waals surface area contributed by atoms with Crippen molar-refractivity contribution in [2.24, 2.45) is 0 Å². The van der Waals surface area contributed by atoms with E-state index in [1.807, 2.05) is 0 Å². The van der Waals surface area contributed by atoms with Crippen molar-refractivity contribution in [3.63, 3.8) is 0 Å². The minimum atomic E-state index is -1.18. The van der Waals surface area contributed by atoms with Crippen LogP contribution < -0.4 is 0 Å². The quantitative estimate of drug-likeness (QED) is 0.470. The zero-order chi connectivity index (χ0) is 13.5. The van der Waals surface area contributed by atoms with Crippen molar-refractivity contribution in [3.05, 3.63) is 47.5 Å². The zero-order valence-electron chi connectivity index (χ0n) is 10.0. The number of ether oxygens (including phenoxy) is 1. The van der Waals surface area contributed by atoms with Crippen molar-refractivity contribution < 1.29 is 19.7 Å². The largest absolute Gasteiger partial charge is 0.466 e. The van der Waals surface area contributed by atoms with Crippen LogP contribution in [0.3, 0.4) is 0 Å². The highest BCUT2D eigenvalue weighted by Crippen LogP contribution is 2.24. The SMILES string of the molecule is C=C(C(=O)OC)C(O)c1ccccc1C#CCO. The van der Waals surface area contributed by atoms with Gasteiger partial charge in [-0.1, -0.05) is 36.6 Å². The van der Waals surface area contributed by atoms with Gasteiger partial charge in [0.15, 0.2) is 0 Å². The normalized spacial score (nSPS) is 11.1. The van der Waals surface area contributed by atoms with Gasteiger partial charge in [0.1, 0.15) is 12.7 Å². The summed E-state index contributed by atoms with van der Waals surface area (Å²) in [4.78, 5) is 11.3. The second-order valence-electron chi connectivity index (χ2n) is 3.47. The van der Waals surface area contributed by atoms with Crippen LogP contribution in [-0.2, 0) is 9.53 Å². The summed E-state index contributed by atoms with van der Waals surface area (Å²) in [6, 6.07) is 6.79. The predicted molar refractivity (Wildman–Crippen MR) is 66.5 cm³/mol. The maximum Gasteiger partial charge on any atom is 0.336 e. The number of hydrogen-bond acceptors (Lipinski definition) is 4. The van der Waals surface area contributed by atoms with E-state index in [9.17, 15) is 9.90 Å². The summed E-state index contributed by atoms with van der Waals surface area (Å²) >= 11 is 0. The van der Waals surface area contributed by atoms with Gasteiger partial charge in [0.05, 0.1) is 12.7 Å². The van der Waals surface area contributed by atoms with Crippen molar-refractivity contribution in [2.75, 3.05) is 13.7 Å². The van der Waals surface area contributed by atoms with Crippen molar-refractivity contribution in [1.29, 1.82) is 0 Å². The van der Waals surface area contributed by atoms with E-state index in [1.54, 1.807) is 24.3 Å². The van der Waals surface area contributed by atoms with Crippen molar-refractivity contribution >= 4 is 5.97 Å². The lowest BCUT2D eigenvalue weighted by molar-refractivity contribution is -0.137. The van der Waals surface area contributed by atoms with Gasteiger partial charge in [0.2, 0.25) is 0 Å². The summed E-state index contributed by atoms with van der Waals surface area (Å²) in [7, 11) is 1.22. The van der Waals surface area contributed by atoms with Crippen LogP contribution in [0.2, 0.25) is 0 Å². The fourth-order valence-electron chi connectivity index (χ4n) is 1.41. The number of carbonyl (C=O) groups is 1. The Hall–Kier alpha value is -2.09. The Bertz CT molecular complexity index is 508. The maximum absolute atomic E-state index is 11.3. The zero-order valence-corrected chi connectivity index (χ0v) is 10.0. The number of esters is 1. The maximum atomic E-state index is 11.3. The van der Waals surface area contributed by atoms with Gasteiger partial charge in [-0.05, 0) is 6.07 Å². The molecule has 0 fully saturated rings. The highest BCUT2D eigenvalue weighted by atomic mass is 16.5. The van der Waals surface area contributed by atoms with E-state index in [0.717, 1.165) is 0 Å². The van der Waals surface area contributed by atoms with Crippen LogP contribution in [0.25, 0.3) is 0 Å². The van der Waals surface area contributed by atoms with Crippen LogP contribution in [0, 0.1) is 11.8 Å². The van der Waals surface area contributed by atoms with E-state index in [1.165, 1.54) is 7.11 Å². The summed E-state index contributed by atoms with van der Waals surface area (Å²) in [5.74, 6) is 4.52. The van der Waals surface area contributed by atoms with E-state index >= 15 is 0 Å². The van der Waals surface area contributed by atoms with Crippen LogP contribution in [0.4, 0.5) is 0 Å². The molecule has 2 N–H and O–H groups in total. The van der Waals surface area contributed by atoms with Gasteiger partial charge in [-0.3, -0.25) is 0 Å². The molecule has 4 heteroatoms. The van der Waals surface area contributed by atoms with Gasteiger partial charge in [0, 0.05) is 11.1 Å². The average molecular weight is 246 g/mol. The number of benzene rings is 1. The first kappa shape index (κ1) is 14.0. The minimum absolute atomic E-state index is 0.0595. The van der Waals surface area contributed by atoms with Crippen LogP contribution in [0.5, 0.6) is 0 Å². The van der Waals surface area contributed by atoms with Gasteiger partial charge in [-0.25, -0.2) is 4.79 Å². The fourth-order valence-corrected chi connectivity index (χ4v) is 1.41. The van der Waals surface area contributed by atoms with E-state index in [0.29, 0.717) is 11.1 Å². The fraction of sp³-hybridized carbons (Fsp3) is 0.214. The first-order valence-electron chi connectivity index (χ1n) is 5.25. The summed E-state index contributed by atoms with van der Waals surface area (Å²) in [5, 5.41) is 18.7. The molecule has 0 saturated carbocycles. The van der Waals surface area contributed by atoms with Crippen molar-refractivity contribution in [3.8, 4) is 11.8 Å². The lowest BCUT2D eigenvalue weighted by Gasteiger charge is -2.13. The molecule has 0 bridgehead atoms. The monoisotopic (exact) mass is 246 g/mol. The highest BCUT2D eigenvalue weighted by Gasteiger charge is 2.20. The van der Waals surface area contributed by atoms with Crippen molar-refractivity contribution in [1.82, 2.24) is 0 Å². The number of methoxy groups -OCH3 is 1. The molecule has 0 spiro atoms. The Morgan fingerprint density at radius 3 is 2.78 bits per heavy atom. The molecule has 0 heterocycles. The van der Waals surface area contributed by atoms with Crippen molar-refractivity contribution in [2.45, 2.75) is 6.10 Å². The third kappa shape index (κ3) is 3.20.